The predicted octanol–water partition coefficient (Wildman–Crippen LogP) is 3.67. The summed E-state index contributed by atoms with van der Waals surface area (Å²) < 4.78 is 0. The molecule has 112 valence electrons. The van der Waals surface area contributed by atoms with Gasteiger partial charge in [-0.15, -0.1) is 0 Å². The smallest absolute Gasteiger partial charge is 0.0361 e. The van der Waals surface area contributed by atoms with Gasteiger partial charge in [0.2, 0.25) is 0 Å². The molecular weight excluding hydrogens is 232 g/mol. The Morgan fingerprint density at radius 2 is 1.95 bits per heavy atom. The van der Waals surface area contributed by atoms with E-state index in [1.54, 1.807) is 0 Å². The van der Waals surface area contributed by atoms with Crippen molar-refractivity contribution in [2.24, 2.45) is 11.8 Å². The van der Waals surface area contributed by atoms with Gasteiger partial charge in [-0.05, 0) is 64.6 Å². The largest absolute Gasteiger partial charge is 0.312 e. The van der Waals surface area contributed by atoms with Gasteiger partial charge in [-0.25, -0.2) is 0 Å². The summed E-state index contributed by atoms with van der Waals surface area (Å²) in [6.07, 6.45) is 11.2. The summed E-state index contributed by atoms with van der Waals surface area (Å²) in [6.45, 7) is 5.93. The lowest BCUT2D eigenvalue weighted by Gasteiger charge is -2.54. The summed E-state index contributed by atoms with van der Waals surface area (Å²) in [7, 11) is 4.63. The van der Waals surface area contributed by atoms with Crippen molar-refractivity contribution in [2.75, 3.05) is 20.6 Å². The molecule has 3 atom stereocenters. The van der Waals surface area contributed by atoms with E-state index in [1.807, 2.05) is 0 Å². The molecule has 0 spiro atoms. The molecular formula is C17H34N2. The van der Waals surface area contributed by atoms with E-state index in [1.165, 1.54) is 57.9 Å². The van der Waals surface area contributed by atoms with Crippen molar-refractivity contribution < 1.29 is 0 Å². The number of likely N-dealkylation sites (N-methyl/N-ethyl adjacent to an activating group) is 1. The van der Waals surface area contributed by atoms with Gasteiger partial charge in [0.15, 0.2) is 0 Å². The Morgan fingerprint density at radius 3 is 2.42 bits per heavy atom. The molecule has 0 aromatic rings. The van der Waals surface area contributed by atoms with E-state index >= 15 is 0 Å². The Kier molecular flexibility index (Phi) is 5.30. The van der Waals surface area contributed by atoms with Crippen molar-refractivity contribution in [2.45, 2.75) is 76.8 Å². The van der Waals surface area contributed by atoms with Crippen LogP contribution in [0.2, 0.25) is 0 Å². The maximum absolute atomic E-state index is 3.94. The van der Waals surface area contributed by atoms with Crippen LogP contribution in [0.4, 0.5) is 0 Å². The summed E-state index contributed by atoms with van der Waals surface area (Å²) in [5.74, 6) is 1.82. The first-order valence-electron chi connectivity index (χ1n) is 8.51. The first-order valence-corrected chi connectivity index (χ1v) is 8.51. The van der Waals surface area contributed by atoms with Crippen LogP contribution in [0.25, 0.3) is 0 Å². The summed E-state index contributed by atoms with van der Waals surface area (Å²) in [6, 6.07) is 0.721. The summed E-state index contributed by atoms with van der Waals surface area (Å²) in [5, 5.41) is 3.94. The van der Waals surface area contributed by atoms with Crippen LogP contribution in [0.15, 0.2) is 0 Å². The van der Waals surface area contributed by atoms with Crippen molar-refractivity contribution in [1.82, 2.24) is 10.2 Å². The van der Waals surface area contributed by atoms with Crippen LogP contribution in [0, 0.1) is 11.8 Å². The molecule has 0 aromatic heterocycles. The van der Waals surface area contributed by atoms with Crippen molar-refractivity contribution in [3.8, 4) is 0 Å². The molecule has 0 radical (unpaired) electrons. The van der Waals surface area contributed by atoms with Gasteiger partial charge in [0, 0.05) is 11.6 Å². The highest BCUT2D eigenvalue weighted by molar-refractivity contribution is 5.05. The van der Waals surface area contributed by atoms with Crippen LogP contribution >= 0.6 is 0 Å². The lowest BCUT2D eigenvalue weighted by Crippen LogP contribution is -2.64. The third kappa shape index (κ3) is 3.16. The second-order valence-corrected chi connectivity index (χ2v) is 7.32. The van der Waals surface area contributed by atoms with Crippen LogP contribution < -0.4 is 5.32 Å². The van der Waals surface area contributed by atoms with Crippen molar-refractivity contribution in [1.29, 1.82) is 0 Å². The van der Waals surface area contributed by atoms with Crippen molar-refractivity contribution >= 4 is 0 Å². The average Bonchev–Trinajstić information content (AvgIpc) is 2.31. The molecule has 0 aliphatic heterocycles. The second-order valence-electron chi connectivity index (χ2n) is 7.32. The molecule has 0 saturated heterocycles. The van der Waals surface area contributed by atoms with Gasteiger partial charge in [-0.2, -0.15) is 0 Å². The van der Waals surface area contributed by atoms with E-state index in [2.05, 4.69) is 38.2 Å². The van der Waals surface area contributed by atoms with Gasteiger partial charge in [0.05, 0.1) is 0 Å². The number of hydrogen-bond acceptors (Lipinski definition) is 2. The second kappa shape index (κ2) is 6.58. The van der Waals surface area contributed by atoms with Gasteiger partial charge < -0.3 is 10.2 Å². The van der Waals surface area contributed by atoms with Crippen LogP contribution in [0.5, 0.6) is 0 Å². The predicted molar refractivity (Wildman–Crippen MR) is 83.5 cm³/mol. The maximum Gasteiger partial charge on any atom is 0.0361 e. The van der Waals surface area contributed by atoms with Gasteiger partial charge in [0.1, 0.15) is 0 Å². The van der Waals surface area contributed by atoms with Crippen LogP contribution in [0.3, 0.4) is 0 Å². The molecule has 0 heterocycles. The molecule has 2 rings (SSSR count). The summed E-state index contributed by atoms with van der Waals surface area (Å²) in [5.41, 5.74) is 0.415. The Morgan fingerprint density at radius 1 is 1.21 bits per heavy atom. The third-order valence-electron chi connectivity index (χ3n) is 5.71. The Hall–Kier alpha value is -0.0800. The molecule has 2 heteroatoms. The van der Waals surface area contributed by atoms with Crippen molar-refractivity contribution in [3.05, 3.63) is 0 Å². The molecule has 2 fully saturated rings. The molecule has 2 nitrogen and oxygen atoms in total. The lowest BCUT2D eigenvalue weighted by atomic mass is 9.64. The molecule has 1 N–H and O–H groups in total. The van der Waals surface area contributed by atoms with E-state index in [0.717, 1.165) is 17.9 Å². The topological polar surface area (TPSA) is 15.3 Å². The summed E-state index contributed by atoms with van der Waals surface area (Å²) >= 11 is 0. The standard InChI is InChI=1S/C17H34N2/c1-5-12-18-16(15-9-6-10-15)17(19(3)4)11-7-8-14(2)13-17/h14-16,18H,5-13H2,1-4H3. The first-order chi connectivity index (χ1) is 9.10. The number of rotatable bonds is 6. The van der Waals surface area contributed by atoms with Gasteiger partial charge in [0.25, 0.3) is 0 Å². The normalized spacial score (nSPS) is 34.3. The number of nitrogens with zero attached hydrogens (tertiary/aromatic N) is 1. The average molecular weight is 266 g/mol. The van der Waals surface area contributed by atoms with E-state index in [4.69, 9.17) is 0 Å². The lowest BCUT2D eigenvalue weighted by molar-refractivity contribution is -0.000540. The molecule has 2 aliphatic rings. The van der Waals surface area contributed by atoms with E-state index in [-0.39, 0.29) is 0 Å². The van der Waals surface area contributed by atoms with Crippen molar-refractivity contribution in [3.63, 3.8) is 0 Å². The fourth-order valence-corrected chi connectivity index (χ4v) is 4.40. The van der Waals surface area contributed by atoms with E-state index in [0.29, 0.717) is 5.54 Å². The third-order valence-corrected chi connectivity index (χ3v) is 5.71. The summed E-state index contributed by atoms with van der Waals surface area (Å²) in [4.78, 5) is 2.56. The fourth-order valence-electron chi connectivity index (χ4n) is 4.40. The van der Waals surface area contributed by atoms with Crippen LogP contribution in [-0.4, -0.2) is 37.1 Å². The van der Waals surface area contributed by atoms with Gasteiger partial charge >= 0.3 is 0 Å². The molecule has 3 unspecified atom stereocenters. The zero-order valence-electron chi connectivity index (χ0n) is 13.5. The highest BCUT2D eigenvalue weighted by Crippen LogP contribution is 2.44. The molecule has 2 saturated carbocycles. The van der Waals surface area contributed by atoms with Gasteiger partial charge in [-0.1, -0.05) is 33.1 Å². The fraction of sp³-hybridized carbons (Fsp3) is 1.00. The molecule has 0 aromatic carbocycles. The highest BCUT2D eigenvalue weighted by Gasteiger charge is 2.47. The Balaban J connectivity index is 2.16. The minimum Gasteiger partial charge on any atom is -0.312 e. The van der Waals surface area contributed by atoms with Gasteiger partial charge in [-0.3, -0.25) is 0 Å². The monoisotopic (exact) mass is 266 g/mol. The molecule has 0 amide bonds. The van der Waals surface area contributed by atoms with E-state index < -0.39 is 0 Å². The Bertz CT molecular complexity index is 272. The molecule has 0 bridgehead atoms. The SMILES string of the molecule is CCCNC(C1CCC1)C1(N(C)C)CCCC(C)C1. The quantitative estimate of drug-likeness (QED) is 0.789. The highest BCUT2D eigenvalue weighted by atomic mass is 15.2. The zero-order chi connectivity index (χ0) is 13.9. The Labute approximate surface area is 120 Å². The minimum atomic E-state index is 0.415. The van der Waals surface area contributed by atoms with Crippen LogP contribution in [0.1, 0.15) is 65.2 Å². The zero-order valence-corrected chi connectivity index (χ0v) is 13.5. The minimum absolute atomic E-state index is 0.415. The first kappa shape index (κ1) is 15.3. The molecule has 2 aliphatic carbocycles. The van der Waals surface area contributed by atoms with E-state index in [9.17, 15) is 0 Å². The van der Waals surface area contributed by atoms with Crippen LogP contribution in [-0.2, 0) is 0 Å². The maximum atomic E-state index is 3.94. The number of nitrogens with one attached hydrogen (secondary N) is 1. The number of hydrogen-bond donors (Lipinski definition) is 1. The molecule has 19 heavy (non-hydrogen) atoms.